The van der Waals surface area contributed by atoms with E-state index in [1.54, 1.807) is 30.3 Å². The predicted molar refractivity (Wildman–Crippen MR) is 94.7 cm³/mol. The van der Waals surface area contributed by atoms with Gasteiger partial charge in [-0.05, 0) is 42.5 Å². The van der Waals surface area contributed by atoms with Gasteiger partial charge in [0.25, 0.3) is 5.91 Å². The number of aliphatic hydroxyl groups excluding tert-OH is 1. The molecule has 2 N–H and O–H groups in total. The first-order valence-corrected chi connectivity index (χ1v) is 8.64. The molecule has 1 aromatic carbocycles. The molecule has 0 aliphatic rings. The van der Waals surface area contributed by atoms with Crippen molar-refractivity contribution >= 4 is 40.4 Å². The van der Waals surface area contributed by atoms with E-state index in [1.807, 2.05) is 12.1 Å². The molecular formula is C17H13Cl2NO3S. The summed E-state index contributed by atoms with van der Waals surface area (Å²) in [5.41, 5.74) is 0.403. The molecule has 2 aromatic heterocycles. The Hall–Kier alpha value is -1.79. The summed E-state index contributed by atoms with van der Waals surface area (Å²) in [5, 5.41) is 13.8. The van der Waals surface area contributed by atoms with Crippen molar-refractivity contribution in [3.63, 3.8) is 0 Å². The van der Waals surface area contributed by atoms with Crippen LogP contribution in [-0.2, 0) is 6.54 Å². The molecule has 0 saturated heterocycles. The van der Waals surface area contributed by atoms with Crippen molar-refractivity contribution in [2.24, 2.45) is 0 Å². The van der Waals surface area contributed by atoms with Crippen LogP contribution in [-0.4, -0.2) is 11.0 Å². The number of halogens is 2. The highest BCUT2D eigenvalue weighted by Crippen LogP contribution is 2.28. The SMILES string of the molecule is O=C(NCc1ccc(C(O)c2ccco2)s1)c1cc(Cl)cc(Cl)c1. The standard InChI is InChI=1S/C17H13Cl2NO3S/c18-11-6-10(7-12(19)8-11)17(22)20-9-13-3-4-15(24-13)16(21)14-2-1-5-23-14/h1-8,16,21H,9H2,(H,20,22). The van der Waals surface area contributed by atoms with Gasteiger partial charge in [-0.1, -0.05) is 23.2 Å². The van der Waals surface area contributed by atoms with Gasteiger partial charge in [-0.25, -0.2) is 0 Å². The number of carbonyl (C=O) groups is 1. The molecule has 1 amide bonds. The highest BCUT2D eigenvalue weighted by atomic mass is 35.5. The molecule has 3 aromatic rings. The van der Waals surface area contributed by atoms with Crippen LogP contribution in [0.1, 0.15) is 32.0 Å². The molecular weight excluding hydrogens is 369 g/mol. The number of hydrogen-bond donors (Lipinski definition) is 2. The molecule has 0 aliphatic heterocycles. The van der Waals surface area contributed by atoms with E-state index in [4.69, 9.17) is 27.6 Å². The fourth-order valence-corrected chi connectivity index (χ4v) is 3.65. The summed E-state index contributed by atoms with van der Waals surface area (Å²) in [6, 6.07) is 11.8. The summed E-state index contributed by atoms with van der Waals surface area (Å²) in [5.74, 6) is 0.224. The molecule has 0 saturated carbocycles. The average Bonchev–Trinajstić information content (AvgIpc) is 3.22. The first kappa shape index (κ1) is 17.0. The Balaban J connectivity index is 1.64. The molecule has 0 radical (unpaired) electrons. The molecule has 0 spiro atoms. The van der Waals surface area contributed by atoms with Crippen molar-refractivity contribution in [3.05, 3.63) is 79.9 Å². The van der Waals surface area contributed by atoms with Crippen LogP contribution in [0, 0.1) is 0 Å². The van der Waals surface area contributed by atoms with Crippen molar-refractivity contribution < 1.29 is 14.3 Å². The molecule has 0 fully saturated rings. The lowest BCUT2D eigenvalue weighted by Crippen LogP contribution is -2.22. The van der Waals surface area contributed by atoms with Crippen molar-refractivity contribution in [3.8, 4) is 0 Å². The Morgan fingerprint density at radius 3 is 2.62 bits per heavy atom. The first-order chi connectivity index (χ1) is 11.5. The number of nitrogens with one attached hydrogen (secondary N) is 1. The van der Waals surface area contributed by atoms with Crippen molar-refractivity contribution in [1.82, 2.24) is 5.32 Å². The number of rotatable bonds is 5. The zero-order chi connectivity index (χ0) is 17.1. The van der Waals surface area contributed by atoms with Gasteiger partial charge in [-0.3, -0.25) is 4.79 Å². The number of benzene rings is 1. The molecule has 1 unspecified atom stereocenters. The van der Waals surface area contributed by atoms with E-state index in [0.29, 0.717) is 27.9 Å². The predicted octanol–water partition coefficient (Wildman–Crippen LogP) is 4.66. The lowest BCUT2D eigenvalue weighted by Gasteiger charge is -2.06. The van der Waals surface area contributed by atoms with Gasteiger partial charge in [0.15, 0.2) is 0 Å². The van der Waals surface area contributed by atoms with E-state index in [1.165, 1.54) is 17.6 Å². The Morgan fingerprint density at radius 2 is 1.96 bits per heavy atom. The van der Waals surface area contributed by atoms with E-state index >= 15 is 0 Å². The third-order valence-corrected chi connectivity index (χ3v) is 4.89. The molecule has 0 aliphatic carbocycles. The lowest BCUT2D eigenvalue weighted by atomic mass is 10.2. The third-order valence-electron chi connectivity index (χ3n) is 3.31. The molecule has 24 heavy (non-hydrogen) atoms. The monoisotopic (exact) mass is 381 g/mol. The van der Waals surface area contributed by atoms with E-state index < -0.39 is 6.10 Å². The zero-order valence-corrected chi connectivity index (χ0v) is 14.7. The van der Waals surface area contributed by atoms with Crippen LogP contribution in [0.2, 0.25) is 10.0 Å². The van der Waals surface area contributed by atoms with E-state index in [0.717, 1.165) is 9.75 Å². The summed E-state index contributed by atoms with van der Waals surface area (Å²) >= 11 is 13.2. The topological polar surface area (TPSA) is 62.5 Å². The molecule has 2 heterocycles. The van der Waals surface area contributed by atoms with Gasteiger partial charge in [0.1, 0.15) is 11.9 Å². The van der Waals surface area contributed by atoms with Gasteiger partial charge in [-0.15, -0.1) is 11.3 Å². The van der Waals surface area contributed by atoms with Gasteiger partial charge >= 0.3 is 0 Å². The minimum Gasteiger partial charge on any atom is -0.466 e. The van der Waals surface area contributed by atoms with Crippen LogP contribution in [0.4, 0.5) is 0 Å². The maximum atomic E-state index is 12.2. The number of hydrogen-bond acceptors (Lipinski definition) is 4. The number of carbonyl (C=O) groups excluding carboxylic acids is 1. The number of aliphatic hydroxyl groups is 1. The smallest absolute Gasteiger partial charge is 0.251 e. The maximum absolute atomic E-state index is 12.2. The second-order valence-corrected chi connectivity index (χ2v) is 7.14. The summed E-state index contributed by atoms with van der Waals surface area (Å²) < 4.78 is 5.20. The maximum Gasteiger partial charge on any atom is 0.251 e. The van der Waals surface area contributed by atoms with Crippen molar-refractivity contribution in [1.29, 1.82) is 0 Å². The Labute approximate surface area is 152 Å². The van der Waals surface area contributed by atoms with Crippen LogP contribution in [0.15, 0.2) is 53.1 Å². The van der Waals surface area contributed by atoms with E-state index in [2.05, 4.69) is 5.32 Å². The summed E-state index contributed by atoms with van der Waals surface area (Å²) in [6.07, 6.45) is 0.713. The molecule has 7 heteroatoms. The zero-order valence-electron chi connectivity index (χ0n) is 12.3. The molecule has 1 atom stereocenters. The van der Waals surface area contributed by atoms with Crippen LogP contribution < -0.4 is 5.32 Å². The fourth-order valence-electron chi connectivity index (χ4n) is 2.18. The number of furan rings is 1. The van der Waals surface area contributed by atoms with Gasteiger partial charge < -0.3 is 14.8 Å². The first-order valence-electron chi connectivity index (χ1n) is 7.07. The summed E-state index contributed by atoms with van der Waals surface area (Å²) in [7, 11) is 0. The number of thiophene rings is 1. The van der Waals surface area contributed by atoms with E-state index in [9.17, 15) is 9.90 Å². The Morgan fingerprint density at radius 1 is 1.21 bits per heavy atom. The van der Waals surface area contributed by atoms with Crippen LogP contribution in [0.5, 0.6) is 0 Å². The number of amides is 1. The van der Waals surface area contributed by atoms with Crippen LogP contribution >= 0.6 is 34.5 Å². The normalized spacial score (nSPS) is 12.1. The summed E-state index contributed by atoms with van der Waals surface area (Å²) in [4.78, 5) is 13.8. The molecule has 0 bridgehead atoms. The van der Waals surface area contributed by atoms with Crippen LogP contribution in [0.3, 0.4) is 0 Å². The van der Waals surface area contributed by atoms with Gasteiger partial charge in [-0.2, -0.15) is 0 Å². The van der Waals surface area contributed by atoms with Crippen molar-refractivity contribution in [2.75, 3.05) is 0 Å². The highest BCUT2D eigenvalue weighted by molar-refractivity contribution is 7.12. The minimum absolute atomic E-state index is 0.263. The molecule has 3 rings (SSSR count). The van der Waals surface area contributed by atoms with Crippen molar-refractivity contribution in [2.45, 2.75) is 12.6 Å². The summed E-state index contributed by atoms with van der Waals surface area (Å²) in [6.45, 7) is 0.346. The van der Waals surface area contributed by atoms with E-state index in [-0.39, 0.29) is 5.91 Å². The average molecular weight is 382 g/mol. The minimum atomic E-state index is -0.804. The third kappa shape index (κ3) is 3.99. The second kappa shape index (κ2) is 7.40. The Bertz CT molecular complexity index is 825. The lowest BCUT2D eigenvalue weighted by molar-refractivity contribution is 0.0951. The molecule has 4 nitrogen and oxygen atoms in total. The van der Waals surface area contributed by atoms with Gasteiger partial charge in [0.2, 0.25) is 0 Å². The quantitative estimate of drug-likeness (QED) is 0.675. The Kier molecular flexibility index (Phi) is 5.26. The fraction of sp³-hybridized carbons (Fsp3) is 0.118. The van der Waals surface area contributed by atoms with Gasteiger partial charge in [0, 0.05) is 25.4 Å². The second-order valence-electron chi connectivity index (χ2n) is 5.06. The van der Waals surface area contributed by atoms with Crippen LogP contribution in [0.25, 0.3) is 0 Å². The highest BCUT2D eigenvalue weighted by Gasteiger charge is 2.16. The largest absolute Gasteiger partial charge is 0.466 e. The van der Waals surface area contributed by atoms with Gasteiger partial charge in [0.05, 0.1) is 12.8 Å². The molecule has 124 valence electrons.